The van der Waals surface area contributed by atoms with Crippen LogP contribution in [0.5, 0.6) is 0 Å². The zero-order valence-corrected chi connectivity index (χ0v) is 11.3. The third kappa shape index (κ3) is 2.83. The maximum atomic E-state index is 12.4. The highest BCUT2D eigenvalue weighted by Gasteiger charge is 2.24. The first-order chi connectivity index (χ1) is 8.20. The van der Waals surface area contributed by atoms with Gasteiger partial charge in [-0.25, -0.2) is 0 Å². The van der Waals surface area contributed by atoms with Crippen LogP contribution in [0.3, 0.4) is 0 Å². The minimum Gasteiger partial charge on any atom is -0.338 e. The number of carbonyl (C=O) groups excluding carboxylic acids is 1. The summed E-state index contributed by atoms with van der Waals surface area (Å²) < 4.78 is 3.93. The number of carbonyl (C=O) groups is 1. The molecule has 0 saturated carbocycles. The normalized spacial score (nSPS) is 17.2. The summed E-state index contributed by atoms with van der Waals surface area (Å²) in [4.78, 5) is 15.1. The Kier molecular flexibility index (Phi) is 4.10. The number of rotatable bonds is 2. The highest BCUT2D eigenvalue weighted by atomic mass is 32.1. The van der Waals surface area contributed by atoms with E-state index in [1.165, 1.54) is 24.4 Å². The van der Waals surface area contributed by atoms with E-state index in [1.807, 2.05) is 4.90 Å². The molecule has 94 valence electrons. The van der Waals surface area contributed by atoms with Crippen molar-refractivity contribution < 1.29 is 4.79 Å². The lowest BCUT2D eigenvalue weighted by atomic mass is 10.1. The van der Waals surface area contributed by atoms with E-state index < -0.39 is 0 Å². The van der Waals surface area contributed by atoms with Gasteiger partial charge in [-0.3, -0.25) is 4.79 Å². The van der Waals surface area contributed by atoms with Crippen molar-refractivity contribution >= 4 is 17.4 Å². The van der Waals surface area contributed by atoms with Crippen LogP contribution in [0.1, 0.15) is 60.8 Å². The van der Waals surface area contributed by atoms with Crippen LogP contribution in [0.2, 0.25) is 0 Å². The lowest BCUT2D eigenvalue weighted by molar-refractivity contribution is 0.0765. The standard InChI is InChI=1S/C12H19N3OS/c1-9(2)10-11(17-14-13-10)12(16)15-7-5-3-4-6-8-15/h9H,3-8H2,1-2H3. The Morgan fingerprint density at radius 3 is 2.47 bits per heavy atom. The summed E-state index contributed by atoms with van der Waals surface area (Å²) in [6, 6.07) is 0. The predicted molar refractivity (Wildman–Crippen MR) is 68.4 cm³/mol. The van der Waals surface area contributed by atoms with E-state index in [0.717, 1.165) is 36.5 Å². The fraction of sp³-hybridized carbons (Fsp3) is 0.750. The van der Waals surface area contributed by atoms with Gasteiger partial charge in [-0.2, -0.15) is 0 Å². The minimum absolute atomic E-state index is 0.130. The summed E-state index contributed by atoms with van der Waals surface area (Å²) in [5.41, 5.74) is 0.851. The molecule has 1 aliphatic rings. The monoisotopic (exact) mass is 253 g/mol. The van der Waals surface area contributed by atoms with Gasteiger partial charge in [-0.15, -0.1) is 5.10 Å². The molecule has 0 unspecified atom stereocenters. The molecule has 1 amide bonds. The van der Waals surface area contributed by atoms with Crippen molar-refractivity contribution in [1.29, 1.82) is 0 Å². The van der Waals surface area contributed by atoms with Crippen molar-refractivity contribution in [2.75, 3.05) is 13.1 Å². The second kappa shape index (κ2) is 5.58. The van der Waals surface area contributed by atoms with E-state index in [9.17, 15) is 4.79 Å². The second-order valence-electron chi connectivity index (χ2n) is 4.85. The smallest absolute Gasteiger partial charge is 0.267 e. The van der Waals surface area contributed by atoms with Crippen LogP contribution in [-0.4, -0.2) is 33.5 Å². The Balaban J connectivity index is 2.15. The number of aromatic nitrogens is 2. The zero-order valence-electron chi connectivity index (χ0n) is 10.5. The highest BCUT2D eigenvalue weighted by molar-refractivity contribution is 7.08. The molecule has 1 aromatic heterocycles. The van der Waals surface area contributed by atoms with E-state index in [-0.39, 0.29) is 11.8 Å². The summed E-state index contributed by atoms with van der Waals surface area (Å²) in [5.74, 6) is 0.394. The molecule has 2 rings (SSSR count). The number of amides is 1. The van der Waals surface area contributed by atoms with Gasteiger partial charge in [0.25, 0.3) is 5.91 Å². The maximum absolute atomic E-state index is 12.4. The molecule has 1 fully saturated rings. The van der Waals surface area contributed by atoms with Crippen molar-refractivity contribution in [3.05, 3.63) is 10.6 Å². The lowest BCUT2D eigenvalue weighted by Crippen LogP contribution is -2.32. The molecule has 0 radical (unpaired) electrons. The molecule has 5 heteroatoms. The van der Waals surface area contributed by atoms with Crippen LogP contribution >= 0.6 is 11.5 Å². The number of nitrogens with zero attached hydrogens (tertiary/aromatic N) is 3. The van der Waals surface area contributed by atoms with Crippen molar-refractivity contribution in [2.45, 2.75) is 45.4 Å². The molecule has 0 N–H and O–H groups in total. The summed E-state index contributed by atoms with van der Waals surface area (Å²) in [7, 11) is 0. The largest absolute Gasteiger partial charge is 0.338 e. The molecule has 0 spiro atoms. The molecule has 2 heterocycles. The molecule has 0 atom stereocenters. The third-order valence-corrected chi connectivity index (χ3v) is 3.88. The van der Waals surface area contributed by atoms with Crippen molar-refractivity contribution in [3.63, 3.8) is 0 Å². The predicted octanol–water partition coefficient (Wildman–Crippen LogP) is 2.68. The molecule has 0 aliphatic carbocycles. The second-order valence-corrected chi connectivity index (χ2v) is 5.60. The molecule has 0 bridgehead atoms. The van der Waals surface area contributed by atoms with Crippen LogP contribution < -0.4 is 0 Å². The Morgan fingerprint density at radius 2 is 1.88 bits per heavy atom. The van der Waals surface area contributed by atoms with Crippen LogP contribution in [0.4, 0.5) is 0 Å². The van der Waals surface area contributed by atoms with E-state index in [2.05, 4.69) is 23.4 Å². The Bertz CT molecular complexity index is 381. The van der Waals surface area contributed by atoms with E-state index >= 15 is 0 Å². The molecule has 17 heavy (non-hydrogen) atoms. The first-order valence-corrected chi connectivity index (χ1v) is 7.09. The maximum Gasteiger partial charge on any atom is 0.267 e. The molecule has 0 aromatic carbocycles. The van der Waals surface area contributed by atoms with Crippen LogP contribution in [0.25, 0.3) is 0 Å². The molecule has 1 saturated heterocycles. The van der Waals surface area contributed by atoms with Gasteiger partial charge in [0.2, 0.25) is 0 Å². The lowest BCUT2D eigenvalue weighted by Gasteiger charge is -2.19. The summed E-state index contributed by atoms with van der Waals surface area (Å²) >= 11 is 1.23. The van der Waals surface area contributed by atoms with Gasteiger partial charge in [0, 0.05) is 13.1 Å². The Hall–Kier alpha value is -0.970. The van der Waals surface area contributed by atoms with Crippen molar-refractivity contribution in [3.8, 4) is 0 Å². The SMILES string of the molecule is CC(C)c1nnsc1C(=O)N1CCCCCC1. The van der Waals surface area contributed by atoms with Crippen molar-refractivity contribution in [1.82, 2.24) is 14.5 Å². The number of hydrogen-bond donors (Lipinski definition) is 0. The van der Waals surface area contributed by atoms with Gasteiger partial charge in [-0.05, 0) is 30.3 Å². The van der Waals surface area contributed by atoms with E-state index in [0.29, 0.717) is 0 Å². The number of hydrogen-bond acceptors (Lipinski definition) is 4. The number of likely N-dealkylation sites (tertiary alicyclic amines) is 1. The minimum atomic E-state index is 0.130. The zero-order chi connectivity index (χ0) is 12.3. The molecule has 1 aromatic rings. The molecule has 1 aliphatic heterocycles. The summed E-state index contributed by atoms with van der Waals surface area (Å²) in [6.45, 7) is 5.87. The van der Waals surface area contributed by atoms with E-state index in [4.69, 9.17) is 0 Å². The van der Waals surface area contributed by atoms with Gasteiger partial charge in [0.1, 0.15) is 4.88 Å². The first-order valence-electron chi connectivity index (χ1n) is 6.31. The quantitative estimate of drug-likeness (QED) is 0.814. The topological polar surface area (TPSA) is 46.1 Å². The van der Waals surface area contributed by atoms with Gasteiger partial charge >= 0.3 is 0 Å². The first kappa shape index (κ1) is 12.5. The van der Waals surface area contributed by atoms with Crippen LogP contribution in [-0.2, 0) is 0 Å². The Labute approximate surface area is 106 Å². The van der Waals surface area contributed by atoms with Gasteiger partial charge in [0.15, 0.2) is 0 Å². The highest BCUT2D eigenvalue weighted by Crippen LogP contribution is 2.22. The average Bonchev–Trinajstić information content (AvgIpc) is 2.64. The average molecular weight is 253 g/mol. The van der Waals surface area contributed by atoms with E-state index in [1.54, 1.807) is 0 Å². The van der Waals surface area contributed by atoms with Gasteiger partial charge < -0.3 is 4.90 Å². The van der Waals surface area contributed by atoms with Crippen LogP contribution in [0.15, 0.2) is 0 Å². The summed E-state index contributed by atoms with van der Waals surface area (Å²) in [6.07, 6.45) is 4.72. The van der Waals surface area contributed by atoms with Gasteiger partial charge in [-0.1, -0.05) is 31.2 Å². The summed E-state index contributed by atoms with van der Waals surface area (Å²) in [5, 5.41) is 4.08. The van der Waals surface area contributed by atoms with Crippen molar-refractivity contribution in [2.24, 2.45) is 0 Å². The fourth-order valence-corrected chi connectivity index (χ4v) is 2.93. The molecular formula is C12H19N3OS. The molecular weight excluding hydrogens is 234 g/mol. The third-order valence-electron chi connectivity index (χ3n) is 3.15. The Morgan fingerprint density at radius 1 is 1.24 bits per heavy atom. The van der Waals surface area contributed by atoms with Crippen LogP contribution in [0, 0.1) is 0 Å². The molecule has 4 nitrogen and oxygen atoms in total. The van der Waals surface area contributed by atoms with Gasteiger partial charge in [0.05, 0.1) is 5.69 Å². The fourth-order valence-electron chi connectivity index (χ4n) is 2.14.